The first-order chi connectivity index (χ1) is 10.3. The predicted octanol–water partition coefficient (Wildman–Crippen LogP) is 5.97. The van der Waals surface area contributed by atoms with Gasteiger partial charge in [-0.3, -0.25) is 5.32 Å². The van der Waals surface area contributed by atoms with Crippen LogP contribution in [0.3, 0.4) is 0 Å². The maximum atomic E-state index is 6.10. The average molecular weight is 354 g/mol. The molecular formula is C16H16ClNS3. The smallest absolute Gasteiger partial charge is 0.0931 e. The molecule has 3 heterocycles. The Bertz CT molecular complexity index is 684. The zero-order chi connectivity index (χ0) is 14.7. The first kappa shape index (κ1) is 15.3. The van der Waals surface area contributed by atoms with E-state index in [1.165, 1.54) is 19.5 Å². The maximum absolute atomic E-state index is 6.10. The lowest BCUT2D eigenvalue weighted by atomic mass is 10.2. The lowest BCUT2D eigenvalue weighted by molar-refractivity contribution is 0.627. The molecule has 0 saturated heterocycles. The van der Waals surface area contributed by atoms with Crippen LogP contribution in [-0.2, 0) is 13.0 Å². The zero-order valence-electron chi connectivity index (χ0n) is 11.6. The van der Waals surface area contributed by atoms with Gasteiger partial charge in [-0.2, -0.15) is 0 Å². The van der Waals surface area contributed by atoms with Crippen LogP contribution in [0.15, 0.2) is 41.8 Å². The molecule has 0 bridgehead atoms. The Kier molecular flexibility index (Phi) is 5.14. The minimum atomic E-state index is 0.231. The van der Waals surface area contributed by atoms with E-state index < -0.39 is 0 Å². The molecule has 3 aromatic heterocycles. The van der Waals surface area contributed by atoms with Crippen molar-refractivity contribution in [3.05, 3.63) is 65.6 Å². The van der Waals surface area contributed by atoms with Crippen molar-refractivity contribution in [2.75, 3.05) is 0 Å². The Morgan fingerprint density at radius 1 is 1.05 bits per heavy atom. The van der Waals surface area contributed by atoms with Gasteiger partial charge in [-0.1, -0.05) is 24.6 Å². The molecule has 3 aromatic rings. The number of thiophene rings is 3. The second-order valence-corrected chi connectivity index (χ2v) is 8.67. The molecule has 0 aliphatic carbocycles. The Morgan fingerprint density at radius 3 is 2.52 bits per heavy atom. The molecular weight excluding hydrogens is 338 g/mol. The second-order valence-electron chi connectivity index (χ2n) is 4.69. The van der Waals surface area contributed by atoms with Crippen LogP contribution in [0.25, 0.3) is 0 Å². The topological polar surface area (TPSA) is 12.0 Å². The summed E-state index contributed by atoms with van der Waals surface area (Å²) >= 11 is 11.4. The summed E-state index contributed by atoms with van der Waals surface area (Å²) in [6.45, 7) is 3.09. The fourth-order valence-electron chi connectivity index (χ4n) is 2.19. The normalized spacial score (nSPS) is 12.7. The maximum Gasteiger partial charge on any atom is 0.0931 e. The van der Waals surface area contributed by atoms with Gasteiger partial charge in [0.2, 0.25) is 0 Å². The van der Waals surface area contributed by atoms with Gasteiger partial charge < -0.3 is 0 Å². The highest BCUT2D eigenvalue weighted by Crippen LogP contribution is 2.33. The number of hydrogen-bond acceptors (Lipinski definition) is 4. The summed E-state index contributed by atoms with van der Waals surface area (Å²) in [4.78, 5) is 5.44. The minimum absolute atomic E-state index is 0.231. The summed E-state index contributed by atoms with van der Waals surface area (Å²) < 4.78 is 0.845. The van der Waals surface area contributed by atoms with Crippen molar-refractivity contribution in [3.63, 3.8) is 0 Å². The largest absolute Gasteiger partial charge is 0.300 e. The molecule has 1 atom stereocenters. The van der Waals surface area contributed by atoms with E-state index in [4.69, 9.17) is 11.6 Å². The SMILES string of the molecule is CCc1ccc(CNC(c2cccs2)c2ccc(Cl)s2)s1. The number of aryl methyl sites for hydroxylation is 1. The predicted molar refractivity (Wildman–Crippen MR) is 96.0 cm³/mol. The average Bonchev–Trinajstić information content (AvgIpc) is 3.21. The van der Waals surface area contributed by atoms with E-state index in [0.717, 1.165) is 17.3 Å². The highest BCUT2D eigenvalue weighted by Gasteiger charge is 2.17. The van der Waals surface area contributed by atoms with Crippen molar-refractivity contribution >= 4 is 45.6 Å². The van der Waals surface area contributed by atoms with Crippen molar-refractivity contribution in [3.8, 4) is 0 Å². The number of rotatable bonds is 6. The molecule has 1 unspecified atom stereocenters. The molecule has 0 spiro atoms. The van der Waals surface area contributed by atoms with Crippen molar-refractivity contribution in [1.82, 2.24) is 5.32 Å². The first-order valence-electron chi connectivity index (χ1n) is 6.86. The van der Waals surface area contributed by atoms with Crippen LogP contribution < -0.4 is 5.32 Å². The van der Waals surface area contributed by atoms with E-state index in [1.54, 1.807) is 22.7 Å². The van der Waals surface area contributed by atoms with E-state index in [2.05, 4.69) is 48.0 Å². The van der Waals surface area contributed by atoms with Crippen LogP contribution in [0.5, 0.6) is 0 Å². The number of nitrogens with one attached hydrogen (secondary N) is 1. The first-order valence-corrected chi connectivity index (χ1v) is 9.75. The highest BCUT2D eigenvalue weighted by atomic mass is 35.5. The quantitative estimate of drug-likeness (QED) is 0.576. The third-order valence-corrected chi connectivity index (χ3v) is 6.72. The van der Waals surface area contributed by atoms with Crippen molar-refractivity contribution < 1.29 is 0 Å². The summed E-state index contributed by atoms with van der Waals surface area (Å²) in [5.74, 6) is 0. The van der Waals surface area contributed by atoms with E-state index >= 15 is 0 Å². The molecule has 21 heavy (non-hydrogen) atoms. The molecule has 5 heteroatoms. The monoisotopic (exact) mass is 353 g/mol. The van der Waals surface area contributed by atoms with Crippen LogP contribution >= 0.6 is 45.6 Å². The minimum Gasteiger partial charge on any atom is -0.300 e. The van der Waals surface area contributed by atoms with Crippen LogP contribution in [0.2, 0.25) is 4.34 Å². The van der Waals surface area contributed by atoms with Crippen LogP contribution in [0, 0.1) is 0 Å². The molecule has 0 amide bonds. The Morgan fingerprint density at radius 2 is 1.90 bits per heavy atom. The van der Waals surface area contributed by atoms with Gasteiger partial charge in [0.25, 0.3) is 0 Å². The third-order valence-electron chi connectivity index (χ3n) is 3.25. The van der Waals surface area contributed by atoms with Crippen molar-refractivity contribution in [2.24, 2.45) is 0 Å². The Balaban J connectivity index is 1.76. The standard InChI is InChI=1S/C16H16ClNS3/c1-2-11-5-6-12(20-11)10-18-16(13-4-3-9-19-13)14-7-8-15(17)21-14/h3-9,16,18H,2,10H2,1H3. The summed E-state index contributed by atoms with van der Waals surface area (Å²) in [7, 11) is 0. The molecule has 0 aliphatic heterocycles. The number of hydrogen-bond donors (Lipinski definition) is 1. The highest BCUT2D eigenvalue weighted by molar-refractivity contribution is 7.16. The molecule has 0 fully saturated rings. The van der Waals surface area contributed by atoms with Crippen LogP contribution in [0.1, 0.15) is 32.5 Å². The summed E-state index contributed by atoms with van der Waals surface area (Å²) in [6, 6.07) is 13.1. The fourth-order valence-corrected chi connectivity index (χ4v) is 5.15. The molecule has 0 saturated carbocycles. The molecule has 110 valence electrons. The van der Waals surface area contributed by atoms with Gasteiger partial charge in [0.05, 0.1) is 10.4 Å². The summed E-state index contributed by atoms with van der Waals surface area (Å²) in [6.07, 6.45) is 1.11. The summed E-state index contributed by atoms with van der Waals surface area (Å²) in [5.41, 5.74) is 0. The molecule has 1 N–H and O–H groups in total. The van der Waals surface area contributed by atoms with Crippen LogP contribution in [0.4, 0.5) is 0 Å². The van der Waals surface area contributed by atoms with E-state index in [-0.39, 0.29) is 6.04 Å². The van der Waals surface area contributed by atoms with Gasteiger partial charge in [0.1, 0.15) is 0 Å². The van der Waals surface area contributed by atoms with Gasteiger partial charge >= 0.3 is 0 Å². The number of halogens is 1. The Hall–Kier alpha value is -0.650. The molecule has 1 nitrogen and oxygen atoms in total. The van der Waals surface area contributed by atoms with E-state index in [9.17, 15) is 0 Å². The van der Waals surface area contributed by atoms with E-state index in [0.29, 0.717) is 0 Å². The lowest BCUT2D eigenvalue weighted by Crippen LogP contribution is -2.19. The van der Waals surface area contributed by atoms with E-state index in [1.807, 2.05) is 17.4 Å². The molecule has 0 aliphatic rings. The zero-order valence-corrected chi connectivity index (χ0v) is 14.8. The fraction of sp³-hybridized carbons (Fsp3) is 0.250. The van der Waals surface area contributed by atoms with Gasteiger partial charge in [-0.15, -0.1) is 34.0 Å². The molecule has 3 rings (SSSR count). The summed E-state index contributed by atoms with van der Waals surface area (Å²) in [5, 5.41) is 5.80. The van der Waals surface area contributed by atoms with Gasteiger partial charge in [-0.05, 0) is 42.1 Å². The van der Waals surface area contributed by atoms with Crippen molar-refractivity contribution in [1.29, 1.82) is 0 Å². The van der Waals surface area contributed by atoms with Crippen LogP contribution in [-0.4, -0.2) is 0 Å². The molecule has 0 radical (unpaired) electrons. The van der Waals surface area contributed by atoms with Crippen molar-refractivity contribution in [2.45, 2.75) is 25.9 Å². The third kappa shape index (κ3) is 3.76. The van der Waals surface area contributed by atoms with Gasteiger partial charge in [0, 0.05) is 26.1 Å². The van der Waals surface area contributed by atoms with Gasteiger partial charge in [0.15, 0.2) is 0 Å². The second kappa shape index (κ2) is 7.07. The molecule has 0 aromatic carbocycles. The Labute approximate surface area is 142 Å². The van der Waals surface area contributed by atoms with Gasteiger partial charge in [-0.25, -0.2) is 0 Å². The lowest BCUT2D eigenvalue weighted by Gasteiger charge is -2.15.